The van der Waals surface area contributed by atoms with Crippen molar-refractivity contribution in [2.24, 2.45) is 0 Å². The quantitative estimate of drug-likeness (QED) is 0.550. The zero-order valence-electron chi connectivity index (χ0n) is 15.2. The number of aromatic nitrogens is 3. The molecule has 0 aliphatic carbocycles. The highest BCUT2D eigenvalue weighted by atomic mass is 35.5. The van der Waals surface area contributed by atoms with E-state index in [4.69, 9.17) is 34.8 Å². The summed E-state index contributed by atoms with van der Waals surface area (Å²) >= 11 is 18.0. The number of rotatable bonds is 4. The second kappa shape index (κ2) is 8.14. The van der Waals surface area contributed by atoms with Crippen molar-refractivity contribution in [3.05, 3.63) is 57.3 Å². The normalized spacial score (nSPS) is 14.3. The third kappa shape index (κ3) is 4.23. The predicted octanol–water partition coefficient (Wildman–Crippen LogP) is 5.43. The topological polar surface area (TPSA) is 76.9 Å². The van der Waals surface area contributed by atoms with E-state index in [0.29, 0.717) is 5.69 Å². The molecule has 0 radical (unpaired) electrons. The van der Waals surface area contributed by atoms with E-state index < -0.39 is 10.0 Å². The molecule has 0 atom stereocenters. The molecule has 0 saturated carbocycles. The van der Waals surface area contributed by atoms with Gasteiger partial charge in [-0.2, -0.15) is 0 Å². The van der Waals surface area contributed by atoms with Crippen molar-refractivity contribution in [3.8, 4) is 11.4 Å². The van der Waals surface area contributed by atoms with Gasteiger partial charge in [-0.1, -0.05) is 53.4 Å². The minimum Gasteiger partial charge on any atom is -0.311 e. The van der Waals surface area contributed by atoms with Gasteiger partial charge in [0.1, 0.15) is 10.7 Å². The Morgan fingerprint density at radius 3 is 2.48 bits per heavy atom. The molecule has 0 saturated heterocycles. The van der Waals surface area contributed by atoms with Crippen molar-refractivity contribution in [3.63, 3.8) is 0 Å². The monoisotopic (exact) mass is 470 g/mol. The molecule has 0 bridgehead atoms. The summed E-state index contributed by atoms with van der Waals surface area (Å²) in [5, 5.41) is 8.79. The van der Waals surface area contributed by atoms with Gasteiger partial charge in [0.2, 0.25) is 0 Å². The molecule has 10 heteroatoms. The first-order valence-corrected chi connectivity index (χ1v) is 11.7. The van der Waals surface area contributed by atoms with Crippen LogP contribution in [0.3, 0.4) is 0 Å². The lowest BCUT2D eigenvalue weighted by Crippen LogP contribution is -2.14. The first kappa shape index (κ1) is 20.5. The van der Waals surface area contributed by atoms with E-state index in [2.05, 4.69) is 19.5 Å². The predicted molar refractivity (Wildman–Crippen MR) is 115 cm³/mol. The maximum atomic E-state index is 12.9. The summed E-state index contributed by atoms with van der Waals surface area (Å²) in [5.74, 6) is 1.69. The summed E-state index contributed by atoms with van der Waals surface area (Å²) in [6.45, 7) is 0.851. The third-order valence-corrected chi connectivity index (χ3v) is 7.23. The average Bonchev–Trinajstić information content (AvgIpc) is 2.89. The van der Waals surface area contributed by atoms with Crippen LogP contribution in [-0.4, -0.2) is 23.2 Å². The molecule has 152 valence electrons. The molecule has 0 spiro atoms. The molecule has 6 nitrogen and oxygen atoms in total. The van der Waals surface area contributed by atoms with Gasteiger partial charge in [-0.05, 0) is 37.1 Å². The molecule has 0 amide bonds. The fourth-order valence-corrected chi connectivity index (χ4v) is 6.01. The van der Waals surface area contributed by atoms with E-state index in [-0.39, 0.29) is 20.0 Å². The van der Waals surface area contributed by atoms with Gasteiger partial charge in [-0.3, -0.25) is 4.72 Å². The molecule has 1 aliphatic rings. The van der Waals surface area contributed by atoms with Gasteiger partial charge >= 0.3 is 0 Å². The zero-order chi connectivity index (χ0) is 20.6. The molecule has 1 aliphatic heterocycles. The first-order valence-electron chi connectivity index (χ1n) is 9.05. The standard InChI is InChI=1S/C19H17Cl3N4O2S/c20-13-10-15(21)18(16(22)11-13)29(27,28)25-14-6-4-5-12(9-14)19-24-23-17-7-2-1-3-8-26(17)19/h4-6,9-11,25H,1-3,7-8H2. The highest BCUT2D eigenvalue weighted by Gasteiger charge is 2.23. The van der Waals surface area contributed by atoms with Gasteiger partial charge in [-0.25, -0.2) is 8.42 Å². The number of fused-ring (bicyclic) bond motifs is 1. The van der Waals surface area contributed by atoms with Gasteiger partial charge in [0.15, 0.2) is 5.82 Å². The summed E-state index contributed by atoms with van der Waals surface area (Å²) in [5.41, 5.74) is 1.15. The number of hydrogen-bond donors (Lipinski definition) is 1. The van der Waals surface area contributed by atoms with Gasteiger partial charge in [0.05, 0.1) is 10.0 Å². The third-order valence-electron chi connectivity index (χ3n) is 4.71. The Morgan fingerprint density at radius 1 is 0.966 bits per heavy atom. The van der Waals surface area contributed by atoms with Gasteiger partial charge in [-0.15, -0.1) is 10.2 Å². The Balaban J connectivity index is 1.68. The average molecular weight is 472 g/mol. The minimum absolute atomic E-state index is 0.0473. The molecular formula is C19H17Cl3N4O2S. The Kier molecular flexibility index (Phi) is 5.75. The second-order valence-electron chi connectivity index (χ2n) is 6.79. The van der Waals surface area contributed by atoms with Crippen molar-refractivity contribution < 1.29 is 8.42 Å². The summed E-state index contributed by atoms with van der Waals surface area (Å²) in [6, 6.07) is 9.69. The van der Waals surface area contributed by atoms with Crippen molar-refractivity contribution in [2.75, 3.05) is 4.72 Å². The van der Waals surface area contributed by atoms with Crippen LogP contribution in [0.2, 0.25) is 15.1 Å². The van der Waals surface area contributed by atoms with Crippen LogP contribution >= 0.6 is 34.8 Å². The maximum absolute atomic E-state index is 12.9. The van der Waals surface area contributed by atoms with Crippen LogP contribution in [0, 0.1) is 0 Å². The molecule has 29 heavy (non-hydrogen) atoms. The summed E-state index contributed by atoms with van der Waals surface area (Å²) in [4.78, 5) is -0.216. The Labute approximate surface area is 183 Å². The summed E-state index contributed by atoms with van der Waals surface area (Å²) in [6.07, 6.45) is 4.22. The Hall–Kier alpha value is -1.80. The van der Waals surface area contributed by atoms with Gasteiger partial charge < -0.3 is 4.57 Å². The van der Waals surface area contributed by atoms with Crippen LogP contribution in [0.1, 0.15) is 25.1 Å². The van der Waals surface area contributed by atoms with Crippen LogP contribution in [0.4, 0.5) is 5.69 Å². The SMILES string of the molecule is O=S(=O)(Nc1cccc(-c2nnc3n2CCCCC3)c1)c1c(Cl)cc(Cl)cc1Cl. The molecule has 1 N–H and O–H groups in total. The molecule has 2 heterocycles. The fraction of sp³-hybridized carbons (Fsp3) is 0.263. The van der Waals surface area contributed by atoms with E-state index in [0.717, 1.165) is 49.4 Å². The first-order chi connectivity index (χ1) is 13.8. The number of sulfonamides is 1. The number of nitrogens with zero attached hydrogens (tertiary/aromatic N) is 3. The van der Waals surface area contributed by atoms with Crippen LogP contribution < -0.4 is 4.72 Å². The highest BCUT2D eigenvalue weighted by molar-refractivity contribution is 7.93. The van der Waals surface area contributed by atoms with Crippen LogP contribution in [0.15, 0.2) is 41.3 Å². The van der Waals surface area contributed by atoms with Crippen LogP contribution in [0.25, 0.3) is 11.4 Å². The number of benzene rings is 2. The minimum atomic E-state index is -4.02. The lowest BCUT2D eigenvalue weighted by molar-refractivity contribution is 0.601. The molecule has 2 aromatic carbocycles. The van der Waals surface area contributed by atoms with Crippen molar-refractivity contribution in [1.29, 1.82) is 0 Å². The molecule has 4 rings (SSSR count). The smallest absolute Gasteiger partial charge is 0.264 e. The number of halogens is 3. The zero-order valence-corrected chi connectivity index (χ0v) is 18.3. The highest BCUT2D eigenvalue weighted by Crippen LogP contribution is 2.34. The number of hydrogen-bond acceptors (Lipinski definition) is 4. The van der Waals surface area contributed by atoms with E-state index in [9.17, 15) is 8.42 Å². The van der Waals surface area contributed by atoms with E-state index in [1.54, 1.807) is 18.2 Å². The largest absolute Gasteiger partial charge is 0.311 e. The van der Waals surface area contributed by atoms with E-state index in [1.165, 1.54) is 12.1 Å². The van der Waals surface area contributed by atoms with Gasteiger partial charge in [0, 0.05) is 29.2 Å². The fourth-order valence-electron chi connectivity index (χ4n) is 3.41. The van der Waals surface area contributed by atoms with Crippen molar-refractivity contribution >= 4 is 50.5 Å². The van der Waals surface area contributed by atoms with Crippen molar-refractivity contribution in [2.45, 2.75) is 37.1 Å². The van der Waals surface area contributed by atoms with Crippen LogP contribution in [-0.2, 0) is 23.0 Å². The number of nitrogens with one attached hydrogen (secondary N) is 1. The Bertz CT molecular complexity index is 1150. The number of anilines is 1. The molecular weight excluding hydrogens is 455 g/mol. The lowest BCUT2D eigenvalue weighted by atomic mass is 10.2. The molecule has 3 aromatic rings. The lowest BCUT2D eigenvalue weighted by Gasteiger charge is -2.13. The van der Waals surface area contributed by atoms with Gasteiger partial charge in [0.25, 0.3) is 10.0 Å². The van der Waals surface area contributed by atoms with Crippen molar-refractivity contribution in [1.82, 2.24) is 14.8 Å². The summed E-state index contributed by atoms with van der Waals surface area (Å²) in [7, 11) is -4.02. The molecule has 1 aromatic heterocycles. The summed E-state index contributed by atoms with van der Waals surface area (Å²) < 4.78 is 30.4. The number of aryl methyl sites for hydroxylation is 1. The second-order valence-corrected chi connectivity index (χ2v) is 9.66. The van der Waals surface area contributed by atoms with E-state index in [1.807, 2.05) is 6.07 Å². The van der Waals surface area contributed by atoms with Crippen LogP contribution in [0.5, 0.6) is 0 Å². The molecule has 0 fully saturated rings. The molecule has 0 unspecified atom stereocenters. The van der Waals surface area contributed by atoms with E-state index >= 15 is 0 Å². The maximum Gasteiger partial charge on any atom is 0.264 e. The Morgan fingerprint density at radius 2 is 1.72 bits per heavy atom.